The maximum absolute atomic E-state index is 13.8. The van der Waals surface area contributed by atoms with E-state index in [-0.39, 0.29) is 17.7 Å². The summed E-state index contributed by atoms with van der Waals surface area (Å²) in [6.45, 7) is 7.77. The Morgan fingerprint density at radius 2 is 2.03 bits per heavy atom. The van der Waals surface area contributed by atoms with Crippen molar-refractivity contribution in [2.75, 3.05) is 26.7 Å². The van der Waals surface area contributed by atoms with Crippen LogP contribution in [0.15, 0.2) is 42.5 Å². The van der Waals surface area contributed by atoms with Gasteiger partial charge in [0.15, 0.2) is 0 Å². The number of benzene rings is 2. The number of carbonyl (C=O) groups is 2. The highest BCUT2D eigenvalue weighted by Gasteiger charge is 2.60. The molecule has 0 unspecified atom stereocenters. The second kappa shape index (κ2) is 8.61. The molecule has 3 N–H and O–H groups in total. The number of fused-ring (bicyclic) bond motifs is 4. The van der Waals surface area contributed by atoms with E-state index in [1.165, 1.54) is 4.90 Å². The molecule has 2 aromatic carbocycles. The number of nitrogens with one attached hydrogen (secondary N) is 2. The van der Waals surface area contributed by atoms with Crippen molar-refractivity contribution in [2.45, 2.75) is 38.8 Å². The predicted molar refractivity (Wildman–Crippen MR) is 134 cm³/mol. The van der Waals surface area contributed by atoms with Gasteiger partial charge < -0.3 is 20.1 Å². The number of phenols is 1. The number of aromatic amines is 1. The molecule has 1 saturated heterocycles. The summed E-state index contributed by atoms with van der Waals surface area (Å²) in [5, 5.41) is 14.5. The van der Waals surface area contributed by atoms with E-state index in [1.807, 2.05) is 31.2 Å². The molecule has 0 spiro atoms. The van der Waals surface area contributed by atoms with Crippen LogP contribution in [-0.4, -0.2) is 64.1 Å². The highest BCUT2D eigenvalue weighted by atomic mass is 16.5. The Balaban J connectivity index is 1.61. The minimum Gasteiger partial charge on any atom is -0.508 e. The second-order valence-corrected chi connectivity index (χ2v) is 10.1. The Bertz CT molecular complexity index is 1300. The molecule has 8 heteroatoms. The number of methoxy groups -OCH3 is 1. The lowest BCUT2D eigenvalue weighted by atomic mass is 9.81. The Morgan fingerprint density at radius 1 is 1.23 bits per heavy atom. The maximum atomic E-state index is 13.8. The van der Waals surface area contributed by atoms with Crippen LogP contribution in [0.1, 0.15) is 43.6 Å². The average Bonchev–Trinajstić information content (AvgIpc) is 3.27. The smallest absolute Gasteiger partial charge is 0.328 e. The van der Waals surface area contributed by atoms with Gasteiger partial charge in [0.2, 0.25) is 0 Å². The van der Waals surface area contributed by atoms with Crippen LogP contribution in [0.5, 0.6) is 11.5 Å². The van der Waals surface area contributed by atoms with Gasteiger partial charge in [-0.1, -0.05) is 26.0 Å². The molecule has 1 aromatic heterocycles. The fourth-order valence-corrected chi connectivity index (χ4v) is 5.44. The van der Waals surface area contributed by atoms with Crippen LogP contribution in [0.3, 0.4) is 0 Å². The van der Waals surface area contributed by atoms with Crippen LogP contribution < -0.4 is 10.1 Å². The number of imide groups is 1. The number of ether oxygens (including phenoxy) is 1. The van der Waals surface area contributed by atoms with Crippen molar-refractivity contribution in [3.8, 4) is 11.5 Å². The van der Waals surface area contributed by atoms with Crippen molar-refractivity contribution >= 4 is 22.8 Å². The van der Waals surface area contributed by atoms with Gasteiger partial charge in [-0.15, -0.1) is 0 Å². The van der Waals surface area contributed by atoms with E-state index in [2.05, 4.69) is 24.1 Å². The van der Waals surface area contributed by atoms with Crippen molar-refractivity contribution in [1.29, 1.82) is 0 Å². The molecule has 184 valence electrons. The summed E-state index contributed by atoms with van der Waals surface area (Å²) in [5.41, 5.74) is 2.47. The molecule has 2 atom stereocenters. The first-order valence-corrected chi connectivity index (χ1v) is 12.1. The monoisotopic (exact) mass is 476 g/mol. The lowest BCUT2D eigenvalue weighted by Gasteiger charge is -2.42. The number of carbonyl (C=O) groups excluding carboxylic acids is 2. The first-order valence-electron chi connectivity index (χ1n) is 12.1. The summed E-state index contributed by atoms with van der Waals surface area (Å²) in [4.78, 5) is 34.1. The van der Waals surface area contributed by atoms with Crippen molar-refractivity contribution < 1.29 is 19.4 Å². The minimum atomic E-state index is -1.05. The van der Waals surface area contributed by atoms with Gasteiger partial charge in [-0.25, -0.2) is 4.79 Å². The van der Waals surface area contributed by atoms with Crippen LogP contribution in [0.2, 0.25) is 0 Å². The lowest BCUT2D eigenvalue weighted by molar-refractivity contribution is -0.133. The zero-order chi connectivity index (χ0) is 24.9. The number of urea groups is 1. The van der Waals surface area contributed by atoms with Crippen molar-refractivity contribution in [3.63, 3.8) is 0 Å². The van der Waals surface area contributed by atoms with Gasteiger partial charge in [-0.05, 0) is 60.8 Å². The zero-order valence-electron chi connectivity index (χ0n) is 20.6. The minimum absolute atomic E-state index is 0.113. The number of nitrogens with zero attached hydrogens (tertiary/aromatic N) is 2. The molecule has 2 aliphatic rings. The number of H-pyrrole nitrogens is 1. The summed E-state index contributed by atoms with van der Waals surface area (Å²) < 4.78 is 5.45. The van der Waals surface area contributed by atoms with Gasteiger partial charge in [0.25, 0.3) is 5.91 Å². The molecule has 0 aliphatic carbocycles. The van der Waals surface area contributed by atoms with Gasteiger partial charge in [-0.2, -0.15) is 0 Å². The van der Waals surface area contributed by atoms with Crippen LogP contribution in [-0.2, 0) is 11.2 Å². The molecule has 0 saturated carbocycles. The largest absolute Gasteiger partial charge is 0.508 e. The molecule has 3 heterocycles. The molecule has 5 rings (SSSR count). The summed E-state index contributed by atoms with van der Waals surface area (Å²) in [5.74, 6) is 1.13. The quantitative estimate of drug-likeness (QED) is 0.356. The van der Waals surface area contributed by atoms with Crippen LogP contribution in [0, 0.1) is 5.92 Å². The Hall–Kier alpha value is -3.52. The van der Waals surface area contributed by atoms with Gasteiger partial charge in [0.1, 0.15) is 23.1 Å². The number of aromatic nitrogens is 1. The van der Waals surface area contributed by atoms with E-state index in [9.17, 15) is 14.7 Å². The third-order valence-corrected chi connectivity index (χ3v) is 7.12. The van der Waals surface area contributed by atoms with Crippen molar-refractivity contribution in [3.05, 3.63) is 59.3 Å². The Morgan fingerprint density at radius 3 is 2.74 bits per heavy atom. The van der Waals surface area contributed by atoms with Crippen molar-refractivity contribution in [2.24, 2.45) is 5.92 Å². The standard InChI is InChI=1S/C27H32N4O4/c1-16(2)15-28-10-11-30-25(33)27(3)14-21-20-13-19(35-4)8-9-22(20)29-23(21)24(31(27)26(30)34)17-6-5-7-18(32)12-17/h5-9,12-13,16,24,28-29,32H,10-11,14-15H2,1-4H3/t24-,27+/m1/s1. The molecule has 1 fully saturated rings. The summed E-state index contributed by atoms with van der Waals surface area (Å²) in [6, 6.07) is 11.9. The summed E-state index contributed by atoms with van der Waals surface area (Å²) in [7, 11) is 1.63. The first-order chi connectivity index (χ1) is 16.7. The van der Waals surface area contributed by atoms with Crippen LogP contribution in [0.4, 0.5) is 4.79 Å². The number of hydrogen-bond donors (Lipinski definition) is 3. The first kappa shape index (κ1) is 23.2. The molecule has 8 nitrogen and oxygen atoms in total. The number of hydrogen-bond acceptors (Lipinski definition) is 5. The highest BCUT2D eigenvalue weighted by molar-refractivity contribution is 6.08. The zero-order valence-corrected chi connectivity index (χ0v) is 20.6. The molecular formula is C27H32N4O4. The fraction of sp³-hybridized carbons (Fsp3) is 0.407. The Labute approximate surface area is 204 Å². The highest BCUT2D eigenvalue weighted by Crippen LogP contribution is 2.49. The van der Waals surface area contributed by atoms with Gasteiger partial charge in [0, 0.05) is 36.1 Å². The predicted octanol–water partition coefficient (Wildman–Crippen LogP) is 3.80. The van der Waals surface area contributed by atoms with E-state index < -0.39 is 11.6 Å². The fourth-order valence-electron chi connectivity index (χ4n) is 5.44. The Kier molecular flexibility index (Phi) is 5.71. The molecule has 2 aliphatic heterocycles. The third kappa shape index (κ3) is 3.72. The number of rotatable bonds is 7. The average molecular weight is 477 g/mol. The van der Waals surface area contributed by atoms with E-state index in [0.717, 1.165) is 40.0 Å². The normalized spacial score (nSPS) is 21.7. The molecule has 3 amide bonds. The molecule has 35 heavy (non-hydrogen) atoms. The van der Waals surface area contributed by atoms with E-state index >= 15 is 0 Å². The lowest BCUT2D eigenvalue weighted by Crippen LogP contribution is -2.53. The summed E-state index contributed by atoms with van der Waals surface area (Å²) >= 11 is 0. The second-order valence-electron chi connectivity index (χ2n) is 10.1. The van der Waals surface area contributed by atoms with Gasteiger partial charge in [-0.3, -0.25) is 14.6 Å². The van der Waals surface area contributed by atoms with Crippen LogP contribution >= 0.6 is 0 Å². The maximum Gasteiger partial charge on any atom is 0.328 e. The molecule has 0 bridgehead atoms. The van der Waals surface area contributed by atoms with E-state index in [0.29, 0.717) is 25.4 Å². The summed E-state index contributed by atoms with van der Waals surface area (Å²) in [6.07, 6.45) is 0.394. The van der Waals surface area contributed by atoms with E-state index in [1.54, 1.807) is 30.2 Å². The molecular weight excluding hydrogens is 444 g/mol. The molecule has 0 radical (unpaired) electrons. The number of phenolic OH excluding ortho intramolecular Hbond substituents is 1. The van der Waals surface area contributed by atoms with E-state index in [4.69, 9.17) is 4.74 Å². The topological polar surface area (TPSA) is 97.9 Å². The van der Waals surface area contributed by atoms with Gasteiger partial charge >= 0.3 is 6.03 Å². The molecule has 3 aromatic rings. The number of amides is 3. The number of aromatic hydroxyl groups is 1. The SMILES string of the molecule is COc1ccc2[nH]c3c(c2c1)C[C@@]1(C)C(=O)N(CCNCC(C)C)C(=O)N1[C@@H]3c1cccc(O)c1. The van der Waals surface area contributed by atoms with Crippen molar-refractivity contribution in [1.82, 2.24) is 20.1 Å². The van der Waals surface area contributed by atoms with Gasteiger partial charge in [0.05, 0.1) is 7.11 Å². The van der Waals surface area contributed by atoms with Crippen LogP contribution in [0.25, 0.3) is 10.9 Å². The third-order valence-electron chi connectivity index (χ3n) is 7.12.